The summed E-state index contributed by atoms with van der Waals surface area (Å²) in [5.74, 6) is 1.11. The van der Waals surface area contributed by atoms with Crippen LogP contribution in [-0.2, 0) is 0 Å². The molecule has 1 heterocycles. The number of pyridine rings is 1. The Hall–Kier alpha value is -0.900. The molecule has 0 saturated carbocycles. The van der Waals surface area contributed by atoms with Crippen molar-refractivity contribution >= 4 is 23.1 Å². The second-order valence-electron chi connectivity index (χ2n) is 2.63. The highest BCUT2D eigenvalue weighted by atomic mass is 32.2. The van der Waals surface area contributed by atoms with E-state index in [-0.39, 0.29) is 0 Å². The molecule has 0 aliphatic rings. The lowest BCUT2D eigenvalue weighted by atomic mass is 10.3. The monoisotopic (exact) mass is 197 g/mol. The maximum absolute atomic E-state index is 4.10. The number of anilines is 2. The standard InChI is InChI=1S/C9H15N3S/c1-10-8-5-9(7-11-6-8)12-3-4-13-2/h5-7,10,12H,3-4H2,1-2H3. The van der Waals surface area contributed by atoms with E-state index in [1.807, 2.05) is 31.1 Å². The van der Waals surface area contributed by atoms with Crippen molar-refractivity contribution in [3.63, 3.8) is 0 Å². The number of hydrogen-bond donors (Lipinski definition) is 2. The van der Waals surface area contributed by atoms with Crippen LogP contribution >= 0.6 is 11.8 Å². The van der Waals surface area contributed by atoms with Gasteiger partial charge in [-0.15, -0.1) is 0 Å². The lowest BCUT2D eigenvalue weighted by Gasteiger charge is -2.06. The van der Waals surface area contributed by atoms with Crippen molar-refractivity contribution in [3.05, 3.63) is 18.5 Å². The van der Waals surface area contributed by atoms with Crippen molar-refractivity contribution in [3.8, 4) is 0 Å². The Kier molecular flexibility index (Phi) is 4.46. The SMILES string of the molecule is CNc1cncc(NCCSC)c1. The first-order chi connectivity index (χ1) is 6.36. The molecule has 72 valence electrons. The van der Waals surface area contributed by atoms with Gasteiger partial charge in [-0.05, 0) is 12.3 Å². The molecule has 0 unspecified atom stereocenters. The molecule has 0 fully saturated rings. The summed E-state index contributed by atoms with van der Waals surface area (Å²) in [6.45, 7) is 0.982. The van der Waals surface area contributed by atoms with Gasteiger partial charge in [-0.2, -0.15) is 11.8 Å². The normalized spacial score (nSPS) is 9.69. The molecule has 2 N–H and O–H groups in total. The van der Waals surface area contributed by atoms with Crippen molar-refractivity contribution in [1.29, 1.82) is 0 Å². The third-order valence-corrected chi connectivity index (χ3v) is 2.27. The minimum absolute atomic E-state index is 0.982. The summed E-state index contributed by atoms with van der Waals surface area (Å²) in [5.41, 5.74) is 2.11. The number of aromatic nitrogens is 1. The van der Waals surface area contributed by atoms with Crippen molar-refractivity contribution in [1.82, 2.24) is 4.98 Å². The van der Waals surface area contributed by atoms with Crippen LogP contribution in [0.15, 0.2) is 18.5 Å². The zero-order chi connectivity index (χ0) is 9.52. The first-order valence-corrected chi connectivity index (χ1v) is 5.62. The first kappa shape index (κ1) is 10.2. The van der Waals surface area contributed by atoms with Crippen LogP contribution in [-0.4, -0.2) is 30.6 Å². The molecule has 0 atom stereocenters. The molecule has 0 aromatic carbocycles. The molecule has 0 spiro atoms. The molecule has 0 bridgehead atoms. The fraction of sp³-hybridized carbons (Fsp3) is 0.444. The van der Waals surface area contributed by atoms with Crippen LogP contribution in [0.1, 0.15) is 0 Å². The van der Waals surface area contributed by atoms with Crippen molar-refractivity contribution in [2.24, 2.45) is 0 Å². The first-order valence-electron chi connectivity index (χ1n) is 4.22. The average molecular weight is 197 g/mol. The van der Waals surface area contributed by atoms with E-state index in [9.17, 15) is 0 Å². The lowest BCUT2D eigenvalue weighted by molar-refractivity contribution is 1.20. The summed E-state index contributed by atoms with van der Waals surface area (Å²) < 4.78 is 0. The van der Waals surface area contributed by atoms with Crippen molar-refractivity contribution in [2.75, 3.05) is 36.2 Å². The van der Waals surface area contributed by atoms with Crippen LogP contribution in [0.2, 0.25) is 0 Å². The van der Waals surface area contributed by atoms with Crippen LogP contribution in [0.25, 0.3) is 0 Å². The molecule has 0 amide bonds. The second-order valence-corrected chi connectivity index (χ2v) is 3.62. The van der Waals surface area contributed by atoms with E-state index in [2.05, 4.69) is 21.9 Å². The second kappa shape index (κ2) is 5.70. The summed E-state index contributed by atoms with van der Waals surface area (Å²) in [5, 5.41) is 6.35. The van der Waals surface area contributed by atoms with E-state index in [0.29, 0.717) is 0 Å². The Morgan fingerprint density at radius 3 is 2.85 bits per heavy atom. The third-order valence-electron chi connectivity index (χ3n) is 1.66. The largest absolute Gasteiger partial charge is 0.387 e. The summed E-state index contributed by atoms with van der Waals surface area (Å²) >= 11 is 1.83. The van der Waals surface area contributed by atoms with Gasteiger partial charge in [-0.25, -0.2) is 0 Å². The Morgan fingerprint density at radius 2 is 2.15 bits per heavy atom. The predicted molar refractivity (Wildman–Crippen MR) is 60.7 cm³/mol. The Bertz CT molecular complexity index is 252. The average Bonchev–Trinajstić information content (AvgIpc) is 2.19. The number of nitrogens with zero attached hydrogens (tertiary/aromatic N) is 1. The van der Waals surface area contributed by atoms with E-state index >= 15 is 0 Å². The van der Waals surface area contributed by atoms with Gasteiger partial charge in [-0.3, -0.25) is 4.98 Å². The van der Waals surface area contributed by atoms with Gasteiger partial charge in [0.2, 0.25) is 0 Å². The van der Waals surface area contributed by atoms with E-state index in [4.69, 9.17) is 0 Å². The predicted octanol–water partition coefficient (Wildman–Crippen LogP) is 1.90. The summed E-state index contributed by atoms with van der Waals surface area (Å²) in [4.78, 5) is 4.10. The van der Waals surface area contributed by atoms with Crippen molar-refractivity contribution < 1.29 is 0 Å². The zero-order valence-corrected chi connectivity index (χ0v) is 8.82. The Morgan fingerprint density at radius 1 is 1.38 bits per heavy atom. The molecule has 13 heavy (non-hydrogen) atoms. The molecule has 1 aromatic heterocycles. The molecular weight excluding hydrogens is 182 g/mol. The van der Waals surface area contributed by atoms with E-state index in [0.717, 1.165) is 23.7 Å². The molecule has 4 heteroatoms. The van der Waals surface area contributed by atoms with Crippen LogP contribution in [0.4, 0.5) is 11.4 Å². The van der Waals surface area contributed by atoms with Crippen LogP contribution in [0, 0.1) is 0 Å². The molecule has 1 rings (SSSR count). The summed E-state index contributed by atoms with van der Waals surface area (Å²) in [6, 6.07) is 2.05. The molecule has 0 radical (unpaired) electrons. The van der Waals surface area contributed by atoms with Gasteiger partial charge in [-0.1, -0.05) is 0 Å². The molecule has 0 saturated heterocycles. The van der Waals surface area contributed by atoms with Gasteiger partial charge < -0.3 is 10.6 Å². The number of rotatable bonds is 5. The fourth-order valence-electron chi connectivity index (χ4n) is 0.971. The topological polar surface area (TPSA) is 37.0 Å². The maximum atomic E-state index is 4.10. The van der Waals surface area contributed by atoms with Gasteiger partial charge in [0.05, 0.1) is 23.8 Å². The van der Waals surface area contributed by atoms with Gasteiger partial charge in [0, 0.05) is 19.3 Å². The highest BCUT2D eigenvalue weighted by Gasteiger charge is 1.93. The minimum atomic E-state index is 0.982. The van der Waals surface area contributed by atoms with Crippen molar-refractivity contribution in [2.45, 2.75) is 0 Å². The van der Waals surface area contributed by atoms with Gasteiger partial charge in [0.1, 0.15) is 0 Å². The third kappa shape index (κ3) is 3.55. The molecule has 3 nitrogen and oxygen atoms in total. The van der Waals surface area contributed by atoms with E-state index in [1.165, 1.54) is 0 Å². The van der Waals surface area contributed by atoms with Crippen LogP contribution in [0.3, 0.4) is 0 Å². The highest BCUT2D eigenvalue weighted by Crippen LogP contribution is 2.11. The van der Waals surface area contributed by atoms with Gasteiger partial charge >= 0.3 is 0 Å². The molecule has 0 aliphatic carbocycles. The number of thioether (sulfide) groups is 1. The number of nitrogens with one attached hydrogen (secondary N) is 2. The minimum Gasteiger partial charge on any atom is -0.387 e. The zero-order valence-electron chi connectivity index (χ0n) is 8.00. The highest BCUT2D eigenvalue weighted by molar-refractivity contribution is 7.98. The van der Waals surface area contributed by atoms with Crippen LogP contribution < -0.4 is 10.6 Å². The summed E-state index contributed by atoms with van der Waals surface area (Å²) in [6.07, 6.45) is 5.74. The van der Waals surface area contributed by atoms with Gasteiger partial charge in [0.25, 0.3) is 0 Å². The van der Waals surface area contributed by atoms with E-state index < -0.39 is 0 Å². The summed E-state index contributed by atoms with van der Waals surface area (Å²) in [7, 11) is 1.89. The quantitative estimate of drug-likeness (QED) is 0.707. The Labute approximate surface area is 83.3 Å². The van der Waals surface area contributed by atoms with E-state index in [1.54, 1.807) is 6.20 Å². The maximum Gasteiger partial charge on any atom is 0.0547 e. The molecule has 0 aliphatic heterocycles. The molecular formula is C9H15N3S. The Balaban J connectivity index is 2.46. The van der Waals surface area contributed by atoms with Crippen LogP contribution in [0.5, 0.6) is 0 Å². The fourth-order valence-corrected chi connectivity index (χ4v) is 1.28. The molecule has 1 aromatic rings. The lowest BCUT2D eigenvalue weighted by Crippen LogP contribution is -2.04. The number of hydrogen-bond acceptors (Lipinski definition) is 4. The smallest absolute Gasteiger partial charge is 0.0547 e. The van der Waals surface area contributed by atoms with Gasteiger partial charge in [0.15, 0.2) is 0 Å².